The van der Waals surface area contributed by atoms with E-state index in [2.05, 4.69) is 0 Å². The van der Waals surface area contributed by atoms with Crippen LogP contribution in [0.1, 0.15) is 38.9 Å². The average molecular weight is 291 g/mol. The third-order valence-corrected chi connectivity index (χ3v) is 3.94. The second-order valence-electron chi connectivity index (χ2n) is 5.65. The summed E-state index contributed by atoms with van der Waals surface area (Å²) in [6.07, 6.45) is -0.448. The summed E-state index contributed by atoms with van der Waals surface area (Å²) in [7, 11) is 0. The molecule has 1 fully saturated rings. The first-order valence-electron chi connectivity index (χ1n) is 6.79. The summed E-state index contributed by atoms with van der Waals surface area (Å²) in [5.41, 5.74) is -1.08. The number of hydrogen-bond donors (Lipinski definition) is 0. The van der Waals surface area contributed by atoms with Gasteiger partial charge in [-0.15, -0.1) is 0 Å². The molecule has 6 heteroatoms. The number of carbonyl (C=O) groups excluding carboxylic acids is 2. The minimum atomic E-state index is -1.21. The normalized spacial score (nSPS) is 24.5. The molecule has 1 heterocycles. The number of cyclic esters (lactones) is 1. The van der Waals surface area contributed by atoms with E-state index in [-0.39, 0.29) is 17.0 Å². The van der Waals surface area contributed by atoms with Gasteiger partial charge in [0.15, 0.2) is 5.78 Å². The number of nitro groups is 1. The summed E-state index contributed by atoms with van der Waals surface area (Å²) in [6.45, 7) is 4.85. The highest BCUT2D eigenvalue weighted by Crippen LogP contribution is 2.43. The van der Waals surface area contributed by atoms with Crippen molar-refractivity contribution in [3.05, 3.63) is 39.9 Å². The predicted octanol–water partition coefficient (Wildman–Crippen LogP) is 2.81. The number of hydrogen-bond acceptors (Lipinski definition) is 5. The lowest BCUT2D eigenvalue weighted by Crippen LogP contribution is -2.47. The lowest BCUT2D eigenvalue weighted by Gasteiger charge is -2.37. The summed E-state index contributed by atoms with van der Waals surface area (Å²) in [4.78, 5) is 35.1. The zero-order valence-corrected chi connectivity index (χ0v) is 12.2. The molecule has 1 saturated heterocycles. The molecule has 0 unspecified atom stereocenters. The van der Waals surface area contributed by atoms with Crippen molar-refractivity contribution < 1.29 is 19.2 Å². The van der Waals surface area contributed by atoms with E-state index in [9.17, 15) is 19.7 Å². The monoisotopic (exact) mass is 291 g/mol. The molecule has 1 aliphatic rings. The number of ether oxygens (including phenoxy) is 1. The Labute approximate surface area is 122 Å². The van der Waals surface area contributed by atoms with Crippen molar-refractivity contribution in [2.45, 2.75) is 33.3 Å². The lowest BCUT2D eigenvalue weighted by atomic mass is 9.74. The van der Waals surface area contributed by atoms with Gasteiger partial charge in [0.2, 0.25) is 0 Å². The van der Waals surface area contributed by atoms with Crippen molar-refractivity contribution in [3.8, 4) is 0 Å². The van der Waals surface area contributed by atoms with Crippen LogP contribution >= 0.6 is 0 Å². The Kier molecular flexibility index (Phi) is 3.80. The van der Waals surface area contributed by atoms with E-state index < -0.39 is 28.3 Å². The van der Waals surface area contributed by atoms with Gasteiger partial charge in [0.05, 0.1) is 16.4 Å². The third-order valence-electron chi connectivity index (χ3n) is 3.94. The molecule has 0 amide bonds. The quantitative estimate of drug-likeness (QED) is 0.370. The number of nitrogens with zero attached hydrogens (tertiary/aromatic N) is 1. The van der Waals surface area contributed by atoms with Crippen LogP contribution in [0.3, 0.4) is 0 Å². The fourth-order valence-corrected chi connectivity index (χ4v) is 2.62. The number of esters is 1. The molecule has 0 radical (unpaired) electrons. The van der Waals surface area contributed by atoms with Crippen LogP contribution < -0.4 is 0 Å². The van der Waals surface area contributed by atoms with E-state index in [0.717, 1.165) is 0 Å². The van der Waals surface area contributed by atoms with Gasteiger partial charge in [-0.1, -0.05) is 19.1 Å². The highest BCUT2D eigenvalue weighted by Gasteiger charge is 2.51. The van der Waals surface area contributed by atoms with Crippen molar-refractivity contribution in [3.63, 3.8) is 0 Å². The summed E-state index contributed by atoms with van der Waals surface area (Å²) in [5, 5.41) is 11.1. The van der Waals surface area contributed by atoms with Gasteiger partial charge < -0.3 is 4.74 Å². The number of benzene rings is 1. The van der Waals surface area contributed by atoms with Crippen LogP contribution in [-0.2, 0) is 14.3 Å². The third kappa shape index (κ3) is 2.41. The predicted molar refractivity (Wildman–Crippen MR) is 74.5 cm³/mol. The van der Waals surface area contributed by atoms with E-state index in [0.29, 0.717) is 6.42 Å². The standard InChI is InChI=1S/C15H17NO5/c1-4-9-12(21-14(18)15(2,3)13(9)17)10-7-5-6-8-11(10)16(19)20/h5-9,12H,4H2,1-3H3/t9-,12+/m1/s1. The molecular weight excluding hydrogens is 274 g/mol. The van der Waals surface area contributed by atoms with Gasteiger partial charge in [0.1, 0.15) is 11.5 Å². The molecule has 0 spiro atoms. The second-order valence-corrected chi connectivity index (χ2v) is 5.65. The second kappa shape index (κ2) is 5.27. The molecule has 0 aromatic heterocycles. The zero-order chi connectivity index (χ0) is 15.8. The van der Waals surface area contributed by atoms with Crippen LogP contribution in [0.25, 0.3) is 0 Å². The molecule has 0 bridgehead atoms. The largest absolute Gasteiger partial charge is 0.456 e. The molecule has 2 atom stereocenters. The van der Waals surface area contributed by atoms with Gasteiger partial charge in [-0.05, 0) is 26.3 Å². The van der Waals surface area contributed by atoms with Crippen molar-refractivity contribution >= 4 is 17.4 Å². The fourth-order valence-electron chi connectivity index (χ4n) is 2.62. The molecule has 0 aliphatic carbocycles. The van der Waals surface area contributed by atoms with Crippen molar-refractivity contribution in [2.24, 2.45) is 11.3 Å². The molecule has 1 aliphatic heterocycles. The van der Waals surface area contributed by atoms with Gasteiger partial charge >= 0.3 is 5.97 Å². The maximum absolute atomic E-state index is 12.5. The molecule has 21 heavy (non-hydrogen) atoms. The zero-order valence-electron chi connectivity index (χ0n) is 12.2. The highest BCUT2D eigenvalue weighted by molar-refractivity contribution is 6.06. The molecule has 1 aromatic rings. The fraction of sp³-hybridized carbons (Fsp3) is 0.467. The summed E-state index contributed by atoms with van der Waals surface area (Å²) >= 11 is 0. The van der Waals surface area contributed by atoms with Gasteiger partial charge in [-0.25, -0.2) is 0 Å². The molecule has 6 nitrogen and oxygen atoms in total. The van der Waals surface area contributed by atoms with E-state index in [1.54, 1.807) is 19.1 Å². The Morgan fingerprint density at radius 3 is 2.48 bits per heavy atom. The molecule has 0 N–H and O–H groups in total. The van der Waals surface area contributed by atoms with Gasteiger partial charge in [-0.2, -0.15) is 0 Å². The Morgan fingerprint density at radius 2 is 1.90 bits per heavy atom. The van der Waals surface area contributed by atoms with E-state index >= 15 is 0 Å². The Bertz CT molecular complexity index is 608. The van der Waals surface area contributed by atoms with Crippen molar-refractivity contribution in [1.29, 1.82) is 0 Å². The highest BCUT2D eigenvalue weighted by atomic mass is 16.6. The maximum Gasteiger partial charge on any atom is 0.319 e. The van der Waals surface area contributed by atoms with Gasteiger partial charge in [-0.3, -0.25) is 19.7 Å². The van der Waals surface area contributed by atoms with Crippen LogP contribution in [0.15, 0.2) is 24.3 Å². The van der Waals surface area contributed by atoms with Crippen LogP contribution in [0, 0.1) is 21.4 Å². The van der Waals surface area contributed by atoms with E-state index in [1.165, 1.54) is 26.0 Å². The van der Waals surface area contributed by atoms with E-state index in [1.807, 2.05) is 0 Å². The van der Waals surface area contributed by atoms with Crippen LogP contribution in [0.4, 0.5) is 5.69 Å². The maximum atomic E-state index is 12.5. The smallest absolute Gasteiger partial charge is 0.319 e. The molecule has 2 rings (SSSR count). The number of rotatable bonds is 3. The number of ketones is 1. The summed E-state index contributed by atoms with van der Waals surface area (Å²) in [5.74, 6) is -1.44. The van der Waals surface area contributed by atoms with Crippen LogP contribution in [0.5, 0.6) is 0 Å². The number of Topliss-reactive ketones (excluding diaryl/α,β-unsaturated/α-hetero) is 1. The SMILES string of the molecule is CC[C@H]1C(=O)C(C)(C)C(=O)O[C@@H]1c1ccccc1[N+](=O)[O-]. The van der Waals surface area contributed by atoms with Crippen molar-refractivity contribution in [1.82, 2.24) is 0 Å². The van der Waals surface area contributed by atoms with E-state index in [4.69, 9.17) is 4.74 Å². The number of carbonyl (C=O) groups is 2. The minimum absolute atomic E-state index is 0.138. The molecular formula is C15H17NO5. The summed E-state index contributed by atoms with van der Waals surface area (Å²) < 4.78 is 5.39. The Balaban J connectivity index is 2.51. The minimum Gasteiger partial charge on any atom is -0.456 e. The van der Waals surface area contributed by atoms with Gasteiger partial charge in [0, 0.05) is 6.07 Å². The van der Waals surface area contributed by atoms with Crippen molar-refractivity contribution in [2.75, 3.05) is 0 Å². The topological polar surface area (TPSA) is 86.5 Å². The van der Waals surface area contributed by atoms with Crippen LogP contribution in [-0.4, -0.2) is 16.7 Å². The summed E-state index contributed by atoms with van der Waals surface area (Å²) in [6, 6.07) is 6.05. The number of para-hydroxylation sites is 1. The Morgan fingerprint density at radius 1 is 1.29 bits per heavy atom. The average Bonchev–Trinajstić information content (AvgIpc) is 2.45. The first kappa shape index (κ1) is 15.2. The van der Waals surface area contributed by atoms with Crippen LogP contribution in [0.2, 0.25) is 0 Å². The first-order chi connectivity index (χ1) is 9.80. The molecule has 0 saturated carbocycles. The first-order valence-corrected chi connectivity index (χ1v) is 6.79. The molecule has 1 aromatic carbocycles. The lowest BCUT2D eigenvalue weighted by molar-refractivity contribution is -0.386. The number of nitro benzene ring substituents is 1. The molecule has 112 valence electrons. The Hall–Kier alpha value is -2.24. The van der Waals surface area contributed by atoms with Gasteiger partial charge in [0.25, 0.3) is 5.69 Å².